The van der Waals surface area contributed by atoms with Crippen LogP contribution in [0, 0.1) is 0 Å². The Morgan fingerprint density at radius 2 is 2.30 bits per heavy atom. The number of allylic oxidation sites excluding steroid dienone is 3. The van der Waals surface area contributed by atoms with E-state index in [9.17, 15) is 4.79 Å². The second-order valence-electron chi connectivity index (χ2n) is 5.17. The quantitative estimate of drug-likeness (QED) is 0.364. The van der Waals surface area contributed by atoms with Crippen LogP contribution in [0.25, 0.3) is 0 Å². The van der Waals surface area contributed by atoms with Crippen LogP contribution < -0.4 is 0 Å². The highest BCUT2D eigenvalue weighted by Crippen LogP contribution is 2.30. The Balaban J connectivity index is 1.99. The van der Waals surface area contributed by atoms with Crippen molar-refractivity contribution in [3.8, 4) is 0 Å². The van der Waals surface area contributed by atoms with Gasteiger partial charge in [-0.2, -0.15) is 0 Å². The molecule has 0 unspecified atom stereocenters. The number of rotatable bonds is 5. The monoisotopic (exact) mass is 278 g/mol. The van der Waals surface area contributed by atoms with Crippen LogP contribution in [0.2, 0.25) is 0 Å². The first kappa shape index (κ1) is 14.6. The van der Waals surface area contributed by atoms with Crippen molar-refractivity contribution < 1.29 is 14.7 Å². The Morgan fingerprint density at radius 3 is 3.00 bits per heavy atom. The van der Waals surface area contributed by atoms with Gasteiger partial charge in [-0.1, -0.05) is 17.3 Å². The standard InChI is InChI=1S/C15H22N2O3/c1-3-4-5-6-7-8-13-11(2)14(18)17-10-9-12(16-19)15(17)20-13/h3-4,15,19H,5-10H2,1-2H3/b4-3+,16-12-/t15-/m0/s1. The second-order valence-corrected chi connectivity index (χ2v) is 5.17. The molecule has 0 aromatic carbocycles. The molecule has 1 N–H and O–H groups in total. The molecule has 110 valence electrons. The van der Waals surface area contributed by atoms with Crippen LogP contribution in [-0.4, -0.2) is 34.5 Å². The van der Waals surface area contributed by atoms with Gasteiger partial charge in [0, 0.05) is 19.4 Å². The van der Waals surface area contributed by atoms with Crippen molar-refractivity contribution >= 4 is 11.6 Å². The van der Waals surface area contributed by atoms with E-state index in [1.54, 1.807) is 4.90 Å². The van der Waals surface area contributed by atoms with Gasteiger partial charge in [0.1, 0.15) is 11.5 Å². The van der Waals surface area contributed by atoms with Gasteiger partial charge in [0.05, 0.1) is 5.57 Å². The number of oxime groups is 1. The van der Waals surface area contributed by atoms with Crippen LogP contribution >= 0.6 is 0 Å². The number of amides is 1. The molecule has 0 bridgehead atoms. The van der Waals surface area contributed by atoms with Crippen molar-refractivity contribution in [3.05, 3.63) is 23.5 Å². The molecule has 5 heteroatoms. The van der Waals surface area contributed by atoms with Gasteiger partial charge in [0.25, 0.3) is 5.91 Å². The van der Waals surface area contributed by atoms with Crippen LogP contribution in [0.4, 0.5) is 0 Å². The molecule has 1 amide bonds. The van der Waals surface area contributed by atoms with Crippen LogP contribution in [0.1, 0.15) is 46.0 Å². The minimum atomic E-state index is -0.498. The van der Waals surface area contributed by atoms with Crippen molar-refractivity contribution in [2.45, 2.75) is 52.2 Å². The van der Waals surface area contributed by atoms with Crippen LogP contribution in [0.5, 0.6) is 0 Å². The molecule has 0 aliphatic carbocycles. The van der Waals surface area contributed by atoms with E-state index in [1.807, 2.05) is 19.9 Å². The van der Waals surface area contributed by atoms with Crippen LogP contribution in [0.15, 0.2) is 28.6 Å². The third kappa shape index (κ3) is 2.86. The Kier molecular flexibility index (Phi) is 4.82. The number of ether oxygens (including phenoxy) is 1. The molecule has 5 nitrogen and oxygen atoms in total. The first-order chi connectivity index (χ1) is 9.69. The number of hydrogen-bond acceptors (Lipinski definition) is 4. The maximum atomic E-state index is 12.3. The Hall–Kier alpha value is -1.78. The minimum absolute atomic E-state index is 0.00311. The summed E-state index contributed by atoms with van der Waals surface area (Å²) in [5.74, 6) is 0.753. The van der Waals surface area contributed by atoms with Crippen molar-refractivity contribution in [2.24, 2.45) is 5.16 Å². The number of hydrogen-bond donors (Lipinski definition) is 1. The molecule has 0 spiro atoms. The highest BCUT2D eigenvalue weighted by atomic mass is 16.5. The normalized spacial score (nSPS) is 24.7. The summed E-state index contributed by atoms with van der Waals surface area (Å²) in [6, 6.07) is 0. The van der Waals surface area contributed by atoms with Crippen molar-refractivity contribution in [1.82, 2.24) is 4.90 Å². The lowest BCUT2D eigenvalue weighted by molar-refractivity contribution is -0.136. The van der Waals surface area contributed by atoms with E-state index in [4.69, 9.17) is 9.94 Å². The number of fused-ring (bicyclic) bond motifs is 1. The summed E-state index contributed by atoms with van der Waals surface area (Å²) >= 11 is 0. The van der Waals surface area contributed by atoms with Gasteiger partial charge in [-0.05, 0) is 33.1 Å². The molecule has 2 aliphatic rings. The Bertz CT molecular complexity index is 466. The summed E-state index contributed by atoms with van der Waals surface area (Å²) in [5, 5.41) is 12.2. The van der Waals surface area contributed by atoms with Crippen LogP contribution in [0.3, 0.4) is 0 Å². The number of carbonyl (C=O) groups excluding carboxylic acids is 1. The van der Waals surface area contributed by atoms with Crippen molar-refractivity contribution in [1.29, 1.82) is 0 Å². The van der Waals surface area contributed by atoms with Crippen molar-refractivity contribution in [2.75, 3.05) is 6.54 Å². The molecule has 0 aromatic heterocycles. The molecular weight excluding hydrogens is 256 g/mol. The Morgan fingerprint density at radius 1 is 1.50 bits per heavy atom. The first-order valence-corrected chi connectivity index (χ1v) is 7.18. The molecule has 0 saturated carbocycles. The largest absolute Gasteiger partial charge is 0.469 e. The number of unbranched alkanes of at least 4 members (excludes halogenated alkanes) is 2. The molecule has 1 fully saturated rings. The van der Waals surface area contributed by atoms with E-state index in [2.05, 4.69) is 11.2 Å². The summed E-state index contributed by atoms with van der Waals surface area (Å²) in [6.45, 7) is 4.39. The number of nitrogens with zero attached hydrogens (tertiary/aromatic N) is 2. The molecule has 20 heavy (non-hydrogen) atoms. The summed E-state index contributed by atoms with van der Waals surface area (Å²) < 4.78 is 5.88. The fourth-order valence-electron chi connectivity index (χ4n) is 2.61. The number of carbonyl (C=O) groups is 1. The summed E-state index contributed by atoms with van der Waals surface area (Å²) in [7, 11) is 0. The van der Waals surface area contributed by atoms with E-state index in [1.165, 1.54) is 0 Å². The zero-order valence-electron chi connectivity index (χ0n) is 12.1. The topological polar surface area (TPSA) is 62.1 Å². The lowest BCUT2D eigenvalue weighted by atomic mass is 10.1. The molecule has 2 aliphatic heterocycles. The van der Waals surface area contributed by atoms with Crippen LogP contribution in [-0.2, 0) is 9.53 Å². The average Bonchev–Trinajstić information content (AvgIpc) is 2.86. The minimum Gasteiger partial charge on any atom is -0.469 e. The molecule has 0 aromatic rings. The zero-order chi connectivity index (χ0) is 14.5. The predicted molar refractivity (Wildman–Crippen MR) is 76.4 cm³/mol. The van der Waals surface area contributed by atoms with Gasteiger partial charge in [0.15, 0.2) is 0 Å². The fourth-order valence-corrected chi connectivity index (χ4v) is 2.61. The smallest absolute Gasteiger partial charge is 0.256 e. The van der Waals surface area contributed by atoms with Gasteiger partial charge < -0.3 is 9.94 Å². The van der Waals surface area contributed by atoms with Gasteiger partial charge in [-0.3, -0.25) is 9.69 Å². The van der Waals surface area contributed by atoms with Crippen molar-refractivity contribution in [3.63, 3.8) is 0 Å². The van der Waals surface area contributed by atoms with E-state index in [0.717, 1.165) is 31.4 Å². The maximum absolute atomic E-state index is 12.3. The van der Waals surface area contributed by atoms with E-state index >= 15 is 0 Å². The molecule has 2 rings (SSSR count). The molecule has 1 saturated heterocycles. The van der Waals surface area contributed by atoms with Gasteiger partial charge in [-0.15, -0.1) is 0 Å². The summed E-state index contributed by atoms with van der Waals surface area (Å²) in [5.41, 5.74) is 1.23. The summed E-state index contributed by atoms with van der Waals surface area (Å²) in [4.78, 5) is 13.9. The second kappa shape index (κ2) is 6.59. The first-order valence-electron chi connectivity index (χ1n) is 7.18. The molecule has 2 heterocycles. The van der Waals surface area contributed by atoms with Gasteiger partial charge >= 0.3 is 0 Å². The van der Waals surface area contributed by atoms with Gasteiger partial charge in [-0.25, -0.2) is 0 Å². The average molecular weight is 278 g/mol. The molecular formula is C15H22N2O3. The lowest BCUT2D eigenvalue weighted by Gasteiger charge is -2.32. The van der Waals surface area contributed by atoms with E-state index in [0.29, 0.717) is 24.3 Å². The fraction of sp³-hybridized carbons (Fsp3) is 0.600. The zero-order valence-corrected chi connectivity index (χ0v) is 12.1. The van der Waals surface area contributed by atoms with E-state index < -0.39 is 6.23 Å². The SMILES string of the molecule is C/C=C/CCCCC1=C(C)C(=O)N2CC/C(=N/O)[C@@H]2O1. The third-order valence-electron chi connectivity index (χ3n) is 3.82. The van der Waals surface area contributed by atoms with Gasteiger partial charge in [0.2, 0.25) is 6.23 Å². The highest BCUT2D eigenvalue weighted by molar-refractivity contribution is 6.01. The highest BCUT2D eigenvalue weighted by Gasteiger charge is 2.41. The Labute approximate surface area is 119 Å². The predicted octanol–water partition coefficient (Wildman–Crippen LogP) is 2.82. The third-order valence-corrected chi connectivity index (χ3v) is 3.82. The van der Waals surface area contributed by atoms with E-state index in [-0.39, 0.29) is 5.91 Å². The summed E-state index contributed by atoms with van der Waals surface area (Å²) in [6.07, 6.45) is 8.15. The molecule has 0 radical (unpaired) electrons. The lowest BCUT2D eigenvalue weighted by Crippen LogP contribution is -2.44. The molecule has 1 atom stereocenters. The maximum Gasteiger partial charge on any atom is 0.256 e.